The van der Waals surface area contributed by atoms with Crippen LogP contribution < -0.4 is 15.7 Å². The van der Waals surface area contributed by atoms with Crippen LogP contribution in [0.4, 0.5) is 4.39 Å². The van der Waals surface area contributed by atoms with Crippen LogP contribution in [0.3, 0.4) is 0 Å². The number of pyridine rings is 2. The van der Waals surface area contributed by atoms with Crippen LogP contribution in [0.25, 0.3) is 16.7 Å². The Balaban J connectivity index is 1.23. The second-order valence-corrected chi connectivity index (χ2v) is 12.1. The zero-order chi connectivity index (χ0) is 31.4. The average molecular weight is 622 g/mol. The van der Waals surface area contributed by atoms with E-state index in [2.05, 4.69) is 21.9 Å². The molecule has 11 heteroatoms. The Bertz CT molecular complexity index is 1690. The highest BCUT2D eigenvalue weighted by atomic mass is 35.5. The Hall–Kier alpha value is -4.02. The van der Waals surface area contributed by atoms with Gasteiger partial charge in [0.2, 0.25) is 5.88 Å². The molecule has 0 saturated heterocycles. The van der Waals surface area contributed by atoms with Crippen LogP contribution in [0, 0.1) is 11.8 Å². The average Bonchev–Trinajstić information content (AvgIpc) is 3.29. The fraction of sp³-hybridized carbons (Fsp3) is 0.394. The predicted molar refractivity (Wildman–Crippen MR) is 168 cm³/mol. The van der Waals surface area contributed by atoms with Gasteiger partial charge in [-0.15, -0.1) is 0 Å². The number of imidazole rings is 1. The predicted octanol–water partition coefficient (Wildman–Crippen LogP) is 5.82. The monoisotopic (exact) mass is 621 g/mol. The third kappa shape index (κ3) is 7.03. The van der Waals surface area contributed by atoms with Gasteiger partial charge in [0, 0.05) is 25.4 Å². The molecule has 2 N–H and O–H groups in total. The molecular weight excluding hydrogens is 585 g/mol. The molecule has 1 fully saturated rings. The number of aliphatic hydroxyl groups is 1. The van der Waals surface area contributed by atoms with Crippen molar-refractivity contribution in [2.45, 2.75) is 58.4 Å². The Morgan fingerprint density at radius 1 is 1.14 bits per heavy atom. The van der Waals surface area contributed by atoms with Gasteiger partial charge in [0.25, 0.3) is 5.91 Å². The van der Waals surface area contributed by atoms with Gasteiger partial charge in [-0.25, -0.2) is 14.2 Å². The van der Waals surface area contributed by atoms with Crippen LogP contribution in [0.1, 0.15) is 61.8 Å². The minimum absolute atomic E-state index is 0.0177. The summed E-state index contributed by atoms with van der Waals surface area (Å²) in [5.74, 6) is 0.548. The molecular formula is C33H37ClFN5O4. The Morgan fingerprint density at radius 3 is 2.50 bits per heavy atom. The summed E-state index contributed by atoms with van der Waals surface area (Å²) in [6.45, 7) is 8.02. The van der Waals surface area contributed by atoms with Crippen molar-refractivity contribution in [2.24, 2.45) is 11.8 Å². The van der Waals surface area contributed by atoms with Crippen molar-refractivity contribution in [3.05, 3.63) is 93.8 Å². The number of fused-ring (bicyclic) bond motifs is 1. The maximum atomic E-state index is 14.7. The van der Waals surface area contributed by atoms with Gasteiger partial charge in [-0.05, 0) is 81.2 Å². The number of aromatic nitrogens is 4. The maximum absolute atomic E-state index is 14.7. The Morgan fingerprint density at radius 2 is 1.84 bits per heavy atom. The molecule has 9 nitrogen and oxygen atoms in total. The highest BCUT2D eigenvalue weighted by molar-refractivity contribution is 6.30. The molecule has 1 amide bonds. The fourth-order valence-electron chi connectivity index (χ4n) is 5.71. The second-order valence-electron chi connectivity index (χ2n) is 11.6. The molecule has 0 bridgehead atoms. The molecule has 3 aromatic heterocycles. The Kier molecular flexibility index (Phi) is 9.80. The lowest BCUT2D eigenvalue weighted by Gasteiger charge is -2.29. The van der Waals surface area contributed by atoms with Crippen LogP contribution in [0.15, 0.2) is 71.8 Å². The molecule has 0 radical (unpaired) electrons. The summed E-state index contributed by atoms with van der Waals surface area (Å²) in [6.07, 6.45) is 4.39. The standard InChI is InChI=1S/C33H37ClFN5O4/c1-20(2)30(35)31-26(14-24(34)16-37-31)32(42)38-15-22-8-10-23(11-9-22)18-39-27-6-4-5-7-28(27)40(33(39)43)25-12-13-29(36-17-25)44-19-21(3)41/h4-7,12-14,16-17,21-23,30,41H,1,8-11,15,18-19H2,2-3H3,(H,38,42)/t21-,22?,23?,30?/m1/s1. The number of amides is 1. The number of hydrogen-bond donors (Lipinski definition) is 2. The van der Waals surface area contributed by atoms with Gasteiger partial charge < -0.3 is 15.2 Å². The molecule has 2 atom stereocenters. The van der Waals surface area contributed by atoms with E-state index in [0.29, 0.717) is 30.6 Å². The van der Waals surface area contributed by atoms with Crippen molar-refractivity contribution in [1.29, 1.82) is 0 Å². The van der Waals surface area contributed by atoms with E-state index in [9.17, 15) is 19.1 Å². The molecule has 1 aromatic carbocycles. The summed E-state index contributed by atoms with van der Waals surface area (Å²) < 4.78 is 23.7. The SMILES string of the molecule is C=C(C)C(F)c1ncc(Cl)cc1C(=O)NCC1CCC(Cn2c(=O)n(-c3ccc(OC[C@@H](C)O)nc3)c3ccccc32)CC1. The van der Waals surface area contributed by atoms with Crippen molar-refractivity contribution in [2.75, 3.05) is 13.2 Å². The van der Waals surface area contributed by atoms with E-state index in [0.717, 1.165) is 36.7 Å². The number of carbonyl (C=O) groups is 1. The quantitative estimate of drug-likeness (QED) is 0.204. The zero-order valence-electron chi connectivity index (χ0n) is 24.9. The van der Waals surface area contributed by atoms with Crippen LogP contribution in [-0.4, -0.2) is 49.4 Å². The van der Waals surface area contributed by atoms with E-state index < -0.39 is 18.2 Å². The summed E-state index contributed by atoms with van der Waals surface area (Å²) in [5, 5.41) is 12.7. The number of benzene rings is 1. The molecule has 0 spiro atoms. The summed E-state index contributed by atoms with van der Waals surface area (Å²) in [6, 6.07) is 12.6. The van der Waals surface area contributed by atoms with Crippen LogP contribution >= 0.6 is 11.6 Å². The third-order valence-electron chi connectivity index (χ3n) is 8.05. The normalized spacial score (nSPS) is 18.1. The molecule has 44 heavy (non-hydrogen) atoms. The van der Waals surface area contributed by atoms with Gasteiger partial charge in [-0.1, -0.05) is 30.3 Å². The van der Waals surface area contributed by atoms with E-state index in [1.54, 1.807) is 36.7 Å². The van der Waals surface area contributed by atoms with E-state index in [4.69, 9.17) is 16.3 Å². The summed E-state index contributed by atoms with van der Waals surface area (Å²) in [5.41, 5.74) is 2.56. The molecule has 0 aliphatic heterocycles. The van der Waals surface area contributed by atoms with Gasteiger partial charge in [-0.2, -0.15) is 0 Å². The van der Waals surface area contributed by atoms with Gasteiger partial charge in [0.05, 0.1) is 45.3 Å². The van der Waals surface area contributed by atoms with E-state index in [-0.39, 0.29) is 40.1 Å². The van der Waals surface area contributed by atoms with Crippen LogP contribution in [0.5, 0.6) is 5.88 Å². The lowest BCUT2D eigenvalue weighted by atomic mass is 9.82. The van der Waals surface area contributed by atoms with Crippen molar-refractivity contribution >= 4 is 28.5 Å². The fourth-order valence-corrected chi connectivity index (χ4v) is 5.86. The van der Waals surface area contributed by atoms with Crippen molar-refractivity contribution in [3.8, 4) is 11.6 Å². The minimum atomic E-state index is -1.55. The van der Waals surface area contributed by atoms with Gasteiger partial charge in [0.1, 0.15) is 6.61 Å². The number of halogens is 2. The zero-order valence-corrected chi connectivity index (χ0v) is 25.6. The van der Waals surface area contributed by atoms with E-state index in [1.807, 2.05) is 28.8 Å². The number of aliphatic hydroxyl groups excluding tert-OH is 1. The molecule has 232 valence electrons. The van der Waals surface area contributed by atoms with Gasteiger partial charge in [0.15, 0.2) is 6.17 Å². The number of carbonyl (C=O) groups excluding carboxylic acids is 1. The molecule has 5 rings (SSSR count). The molecule has 1 aliphatic rings. The molecule has 4 aromatic rings. The van der Waals surface area contributed by atoms with Crippen molar-refractivity contribution < 1.29 is 19.0 Å². The molecule has 1 unspecified atom stereocenters. The molecule has 1 aliphatic carbocycles. The largest absolute Gasteiger partial charge is 0.475 e. The Labute approximate surface area is 260 Å². The molecule has 1 saturated carbocycles. The third-order valence-corrected chi connectivity index (χ3v) is 8.25. The number of nitrogens with zero attached hydrogens (tertiary/aromatic N) is 4. The van der Waals surface area contributed by atoms with E-state index in [1.165, 1.54) is 12.3 Å². The first-order chi connectivity index (χ1) is 21.1. The van der Waals surface area contributed by atoms with Crippen molar-refractivity contribution in [1.82, 2.24) is 24.4 Å². The first-order valence-electron chi connectivity index (χ1n) is 14.8. The van der Waals surface area contributed by atoms with Crippen molar-refractivity contribution in [3.63, 3.8) is 0 Å². The smallest absolute Gasteiger partial charge is 0.333 e. The second kappa shape index (κ2) is 13.7. The van der Waals surface area contributed by atoms with E-state index >= 15 is 0 Å². The number of para-hydroxylation sites is 2. The highest BCUT2D eigenvalue weighted by Crippen LogP contribution is 2.31. The molecule has 3 heterocycles. The summed E-state index contributed by atoms with van der Waals surface area (Å²) >= 11 is 6.06. The number of alkyl halides is 1. The number of allylic oxidation sites excluding steroid dienone is 1. The maximum Gasteiger partial charge on any atom is 0.333 e. The summed E-state index contributed by atoms with van der Waals surface area (Å²) in [4.78, 5) is 35.1. The number of rotatable bonds is 11. The van der Waals surface area contributed by atoms with Gasteiger partial charge >= 0.3 is 5.69 Å². The number of hydrogen-bond acceptors (Lipinski definition) is 6. The first-order valence-corrected chi connectivity index (χ1v) is 15.2. The number of nitrogens with one attached hydrogen (secondary N) is 1. The van der Waals surface area contributed by atoms with Crippen LogP contribution in [-0.2, 0) is 6.54 Å². The summed E-state index contributed by atoms with van der Waals surface area (Å²) in [7, 11) is 0. The topological polar surface area (TPSA) is 111 Å². The first kappa shape index (κ1) is 31.4. The lowest BCUT2D eigenvalue weighted by molar-refractivity contribution is 0.0937. The minimum Gasteiger partial charge on any atom is -0.475 e. The van der Waals surface area contributed by atoms with Gasteiger partial charge in [-0.3, -0.25) is 18.9 Å². The highest BCUT2D eigenvalue weighted by Gasteiger charge is 2.26. The number of ether oxygens (including phenoxy) is 1. The van der Waals surface area contributed by atoms with Crippen LogP contribution in [0.2, 0.25) is 5.02 Å². The lowest BCUT2D eigenvalue weighted by Crippen LogP contribution is -2.33.